The lowest BCUT2D eigenvalue weighted by molar-refractivity contribution is 0.102. The molecule has 1 N–H and O–H groups in total. The number of rotatable bonds is 4. The standard InChI is InChI=1S/C27H20BrN3OS/c1-16-7-8-19(13-17(16)2)24-14-22(21-5-3-4-6-23(21)29-24)26(32)31-27-30-25(15-33-27)18-9-11-20(28)12-10-18/h3-15H,1-2H3,(H,30,31,32). The Balaban J connectivity index is 1.50. The normalized spacial score (nSPS) is 11.0. The van der Waals surface area contributed by atoms with Crippen molar-refractivity contribution in [1.29, 1.82) is 0 Å². The molecule has 0 radical (unpaired) electrons. The second kappa shape index (κ2) is 8.89. The fourth-order valence-electron chi connectivity index (χ4n) is 3.66. The van der Waals surface area contributed by atoms with Crippen LogP contribution >= 0.6 is 27.3 Å². The quantitative estimate of drug-likeness (QED) is 0.268. The average Bonchev–Trinajstić information content (AvgIpc) is 3.29. The first-order valence-electron chi connectivity index (χ1n) is 10.5. The van der Waals surface area contributed by atoms with E-state index in [0.29, 0.717) is 10.7 Å². The summed E-state index contributed by atoms with van der Waals surface area (Å²) in [6.07, 6.45) is 0. The molecular formula is C27H20BrN3OS. The van der Waals surface area contributed by atoms with Crippen molar-refractivity contribution in [2.75, 3.05) is 5.32 Å². The lowest BCUT2D eigenvalue weighted by Crippen LogP contribution is -2.13. The zero-order valence-corrected chi connectivity index (χ0v) is 20.5. The number of halogens is 1. The summed E-state index contributed by atoms with van der Waals surface area (Å²) in [7, 11) is 0. The molecular weight excluding hydrogens is 494 g/mol. The van der Waals surface area contributed by atoms with E-state index in [2.05, 4.69) is 52.2 Å². The van der Waals surface area contributed by atoms with Gasteiger partial charge in [-0.25, -0.2) is 9.97 Å². The van der Waals surface area contributed by atoms with Gasteiger partial charge in [0, 0.05) is 26.4 Å². The summed E-state index contributed by atoms with van der Waals surface area (Å²) in [6, 6.07) is 23.8. The summed E-state index contributed by atoms with van der Waals surface area (Å²) < 4.78 is 1.01. The molecule has 2 heterocycles. The zero-order chi connectivity index (χ0) is 22.9. The number of anilines is 1. The highest BCUT2D eigenvalue weighted by atomic mass is 79.9. The van der Waals surface area contributed by atoms with Crippen LogP contribution in [-0.4, -0.2) is 15.9 Å². The SMILES string of the molecule is Cc1ccc(-c2cc(C(=O)Nc3nc(-c4ccc(Br)cc4)cs3)c3ccccc3n2)cc1C. The van der Waals surface area contributed by atoms with Crippen molar-refractivity contribution < 1.29 is 4.79 Å². The van der Waals surface area contributed by atoms with Gasteiger partial charge in [0.15, 0.2) is 5.13 Å². The van der Waals surface area contributed by atoms with Crippen molar-refractivity contribution >= 4 is 49.2 Å². The maximum Gasteiger partial charge on any atom is 0.258 e. The molecule has 0 aliphatic heterocycles. The van der Waals surface area contributed by atoms with Gasteiger partial charge in [0.25, 0.3) is 5.91 Å². The summed E-state index contributed by atoms with van der Waals surface area (Å²) >= 11 is 4.86. The molecule has 0 saturated heterocycles. The molecule has 162 valence electrons. The van der Waals surface area contributed by atoms with E-state index in [0.717, 1.165) is 37.9 Å². The third-order valence-corrected chi connectivity index (χ3v) is 6.91. The predicted molar refractivity (Wildman–Crippen MR) is 140 cm³/mol. The first kappa shape index (κ1) is 21.5. The van der Waals surface area contributed by atoms with Crippen LogP contribution in [0.3, 0.4) is 0 Å². The highest BCUT2D eigenvalue weighted by molar-refractivity contribution is 9.10. The molecule has 0 saturated carbocycles. The number of para-hydroxylation sites is 1. The van der Waals surface area contributed by atoms with Gasteiger partial charge in [0.05, 0.1) is 22.5 Å². The minimum atomic E-state index is -0.199. The number of aryl methyl sites for hydroxylation is 2. The highest BCUT2D eigenvalue weighted by Crippen LogP contribution is 2.29. The van der Waals surface area contributed by atoms with Gasteiger partial charge < -0.3 is 0 Å². The number of hydrogen-bond donors (Lipinski definition) is 1. The van der Waals surface area contributed by atoms with Gasteiger partial charge in [-0.05, 0) is 55.3 Å². The van der Waals surface area contributed by atoms with Crippen LogP contribution in [-0.2, 0) is 0 Å². The molecule has 0 aliphatic rings. The van der Waals surface area contributed by atoms with Gasteiger partial charge in [0.2, 0.25) is 0 Å². The second-order valence-electron chi connectivity index (χ2n) is 7.87. The molecule has 0 fully saturated rings. The van der Waals surface area contributed by atoms with Gasteiger partial charge in [-0.3, -0.25) is 10.1 Å². The largest absolute Gasteiger partial charge is 0.298 e. The Morgan fingerprint density at radius 1 is 0.848 bits per heavy atom. The first-order chi connectivity index (χ1) is 16.0. The van der Waals surface area contributed by atoms with E-state index in [-0.39, 0.29) is 5.91 Å². The summed E-state index contributed by atoms with van der Waals surface area (Å²) in [5, 5.41) is 6.30. The van der Waals surface area contributed by atoms with Crippen LogP contribution in [0.1, 0.15) is 21.5 Å². The molecule has 0 atom stereocenters. The van der Waals surface area contributed by atoms with E-state index in [1.807, 2.05) is 66.0 Å². The van der Waals surface area contributed by atoms with Crippen molar-refractivity contribution in [2.45, 2.75) is 13.8 Å². The molecule has 0 aliphatic carbocycles. The van der Waals surface area contributed by atoms with Crippen molar-refractivity contribution in [1.82, 2.24) is 9.97 Å². The molecule has 3 aromatic carbocycles. The topological polar surface area (TPSA) is 54.9 Å². The lowest BCUT2D eigenvalue weighted by Gasteiger charge is -2.11. The van der Waals surface area contributed by atoms with Crippen LogP contribution in [0.15, 0.2) is 82.6 Å². The number of pyridine rings is 1. The number of aromatic nitrogens is 2. The molecule has 5 aromatic rings. The number of thiazole rings is 1. The van der Waals surface area contributed by atoms with Crippen molar-refractivity contribution in [3.8, 4) is 22.5 Å². The fraction of sp³-hybridized carbons (Fsp3) is 0.0741. The van der Waals surface area contributed by atoms with Crippen LogP contribution in [0.25, 0.3) is 33.4 Å². The Bertz CT molecular complexity index is 1490. The van der Waals surface area contributed by atoms with E-state index in [9.17, 15) is 4.79 Å². The molecule has 0 bridgehead atoms. The van der Waals surface area contributed by atoms with E-state index in [1.54, 1.807) is 0 Å². The van der Waals surface area contributed by atoms with E-state index < -0.39 is 0 Å². The molecule has 0 unspecified atom stereocenters. The van der Waals surface area contributed by atoms with E-state index >= 15 is 0 Å². The van der Waals surface area contributed by atoms with Crippen molar-refractivity contribution in [3.05, 3.63) is 99.3 Å². The number of fused-ring (bicyclic) bond motifs is 1. The molecule has 33 heavy (non-hydrogen) atoms. The van der Waals surface area contributed by atoms with Crippen LogP contribution in [0.5, 0.6) is 0 Å². The number of nitrogens with zero attached hydrogens (tertiary/aromatic N) is 2. The number of carbonyl (C=O) groups is 1. The highest BCUT2D eigenvalue weighted by Gasteiger charge is 2.16. The first-order valence-corrected chi connectivity index (χ1v) is 12.2. The number of nitrogens with one attached hydrogen (secondary N) is 1. The maximum atomic E-state index is 13.3. The Morgan fingerprint density at radius 3 is 2.39 bits per heavy atom. The van der Waals surface area contributed by atoms with Gasteiger partial charge in [0.1, 0.15) is 0 Å². The van der Waals surface area contributed by atoms with Gasteiger partial charge in [-0.1, -0.05) is 58.4 Å². The molecule has 2 aromatic heterocycles. The maximum absolute atomic E-state index is 13.3. The molecule has 1 amide bonds. The van der Waals surface area contributed by atoms with Gasteiger partial charge in [-0.2, -0.15) is 0 Å². The number of benzene rings is 3. The number of hydrogen-bond acceptors (Lipinski definition) is 4. The Labute approximate surface area is 204 Å². The number of carbonyl (C=O) groups excluding carboxylic acids is 1. The Hall–Kier alpha value is -3.35. The predicted octanol–water partition coefficient (Wildman–Crippen LogP) is 7.66. The summed E-state index contributed by atoms with van der Waals surface area (Å²) in [6.45, 7) is 4.17. The summed E-state index contributed by atoms with van der Waals surface area (Å²) in [4.78, 5) is 22.8. The average molecular weight is 514 g/mol. The number of amides is 1. The van der Waals surface area contributed by atoms with Crippen LogP contribution in [0, 0.1) is 13.8 Å². The third kappa shape index (κ3) is 4.45. The van der Waals surface area contributed by atoms with Gasteiger partial charge >= 0.3 is 0 Å². The Kier molecular flexibility index (Phi) is 5.79. The molecule has 0 spiro atoms. The molecule has 4 nitrogen and oxygen atoms in total. The Morgan fingerprint density at radius 2 is 1.61 bits per heavy atom. The van der Waals surface area contributed by atoms with Crippen molar-refractivity contribution in [3.63, 3.8) is 0 Å². The minimum Gasteiger partial charge on any atom is -0.298 e. The summed E-state index contributed by atoms with van der Waals surface area (Å²) in [5.74, 6) is -0.199. The third-order valence-electron chi connectivity index (χ3n) is 5.63. The van der Waals surface area contributed by atoms with E-state index in [1.165, 1.54) is 22.5 Å². The van der Waals surface area contributed by atoms with E-state index in [4.69, 9.17) is 4.98 Å². The second-order valence-corrected chi connectivity index (χ2v) is 9.64. The zero-order valence-electron chi connectivity index (χ0n) is 18.1. The summed E-state index contributed by atoms with van der Waals surface area (Å²) in [5.41, 5.74) is 7.38. The van der Waals surface area contributed by atoms with Crippen LogP contribution in [0.4, 0.5) is 5.13 Å². The van der Waals surface area contributed by atoms with Crippen LogP contribution < -0.4 is 5.32 Å². The molecule has 5 rings (SSSR count). The minimum absolute atomic E-state index is 0.199. The van der Waals surface area contributed by atoms with Gasteiger partial charge in [-0.15, -0.1) is 11.3 Å². The van der Waals surface area contributed by atoms with Crippen molar-refractivity contribution in [2.24, 2.45) is 0 Å². The lowest BCUT2D eigenvalue weighted by atomic mass is 10.0. The smallest absolute Gasteiger partial charge is 0.258 e. The fourth-order valence-corrected chi connectivity index (χ4v) is 4.64. The molecule has 6 heteroatoms. The monoisotopic (exact) mass is 513 g/mol. The van der Waals surface area contributed by atoms with Crippen LogP contribution in [0.2, 0.25) is 0 Å².